The molecule has 0 atom stereocenters. The van der Waals surface area contributed by atoms with Crippen molar-refractivity contribution in [2.75, 3.05) is 11.9 Å². The highest BCUT2D eigenvalue weighted by molar-refractivity contribution is 5.91. The molecule has 0 spiro atoms. The number of rotatable bonds is 7. The lowest BCUT2D eigenvalue weighted by molar-refractivity contribution is -0.128. The van der Waals surface area contributed by atoms with E-state index in [2.05, 4.69) is 17.6 Å². The highest BCUT2D eigenvalue weighted by Gasteiger charge is 2.40. The molecule has 4 heteroatoms. The Bertz CT molecular complexity index is 545. The van der Waals surface area contributed by atoms with Crippen molar-refractivity contribution in [3.05, 3.63) is 29.8 Å². The number of likely N-dealkylation sites (N-methyl/N-ethyl adjacent to an activating group) is 1. The smallest absolute Gasteiger partial charge is 0.230 e. The molecule has 2 rings (SSSR count). The molecular weight excluding hydrogens is 300 g/mol. The molecule has 1 aromatic rings. The third-order valence-electron chi connectivity index (χ3n) is 4.96. The van der Waals surface area contributed by atoms with Crippen LogP contribution in [0, 0.1) is 0 Å². The van der Waals surface area contributed by atoms with Gasteiger partial charge in [0.05, 0.1) is 5.41 Å². The van der Waals surface area contributed by atoms with Crippen molar-refractivity contribution >= 4 is 17.5 Å². The largest absolute Gasteiger partial charge is 0.356 e. The molecule has 0 aromatic heterocycles. The van der Waals surface area contributed by atoms with E-state index >= 15 is 0 Å². The van der Waals surface area contributed by atoms with Gasteiger partial charge in [0.15, 0.2) is 0 Å². The van der Waals surface area contributed by atoms with E-state index in [1.54, 1.807) is 0 Å². The van der Waals surface area contributed by atoms with Crippen LogP contribution in [0.1, 0.15) is 70.8 Å². The zero-order valence-electron chi connectivity index (χ0n) is 15.0. The molecule has 0 saturated heterocycles. The molecule has 2 amide bonds. The molecule has 2 N–H and O–H groups in total. The summed E-state index contributed by atoms with van der Waals surface area (Å²) in [5, 5.41) is 5.95. The zero-order chi connectivity index (χ0) is 17.4. The fourth-order valence-electron chi connectivity index (χ4n) is 3.57. The minimum atomic E-state index is -0.404. The third-order valence-corrected chi connectivity index (χ3v) is 4.96. The number of hydrogen-bond donors (Lipinski definition) is 2. The first-order valence-electron chi connectivity index (χ1n) is 9.31. The second-order valence-corrected chi connectivity index (χ2v) is 6.73. The highest BCUT2D eigenvalue weighted by Crippen LogP contribution is 2.40. The fraction of sp³-hybridized carbons (Fsp3) is 0.600. The molecule has 132 valence electrons. The topological polar surface area (TPSA) is 58.2 Å². The average molecular weight is 330 g/mol. The Morgan fingerprint density at radius 2 is 1.71 bits per heavy atom. The number of anilines is 1. The summed E-state index contributed by atoms with van der Waals surface area (Å²) < 4.78 is 0. The summed E-state index contributed by atoms with van der Waals surface area (Å²) in [7, 11) is 0. The lowest BCUT2D eigenvalue weighted by Gasteiger charge is -2.36. The summed E-state index contributed by atoms with van der Waals surface area (Å²) in [4.78, 5) is 24.6. The number of carbonyl (C=O) groups is 2. The normalized spacial score (nSPS) is 16.4. The van der Waals surface area contributed by atoms with Crippen LogP contribution in [0.5, 0.6) is 0 Å². The van der Waals surface area contributed by atoms with E-state index in [-0.39, 0.29) is 11.8 Å². The number of nitrogens with one attached hydrogen (secondary N) is 2. The van der Waals surface area contributed by atoms with Crippen LogP contribution in [0.3, 0.4) is 0 Å². The first-order valence-corrected chi connectivity index (χ1v) is 9.31. The van der Waals surface area contributed by atoms with Crippen molar-refractivity contribution in [3.63, 3.8) is 0 Å². The van der Waals surface area contributed by atoms with E-state index in [0.717, 1.165) is 49.8 Å². The molecule has 24 heavy (non-hydrogen) atoms. The van der Waals surface area contributed by atoms with Crippen LogP contribution in [-0.4, -0.2) is 18.4 Å². The first kappa shape index (κ1) is 18.5. The van der Waals surface area contributed by atoms with Gasteiger partial charge >= 0.3 is 0 Å². The lowest BCUT2D eigenvalue weighted by atomic mass is 9.68. The van der Waals surface area contributed by atoms with Crippen molar-refractivity contribution < 1.29 is 9.59 Å². The lowest BCUT2D eigenvalue weighted by Crippen LogP contribution is -2.45. The van der Waals surface area contributed by atoms with E-state index in [9.17, 15) is 9.59 Å². The first-order chi connectivity index (χ1) is 11.6. The maximum Gasteiger partial charge on any atom is 0.230 e. The van der Waals surface area contributed by atoms with Crippen LogP contribution < -0.4 is 10.6 Å². The van der Waals surface area contributed by atoms with Gasteiger partial charge in [0.2, 0.25) is 11.8 Å². The molecule has 1 saturated carbocycles. The Kier molecular flexibility index (Phi) is 6.83. The number of amides is 2. The molecule has 0 unspecified atom stereocenters. The summed E-state index contributed by atoms with van der Waals surface area (Å²) >= 11 is 0. The van der Waals surface area contributed by atoms with Gasteiger partial charge in [-0.3, -0.25) is 9.59 Å². The number of carbonyl (C=O) groups excluding carboxylic acids is 2. The third kappa shape index (κ3) is 4.37. The van der Waals surface area contributed by atoms with Gasteiger partial charge < -0.3 is 10.6 Å². The van der Waals surface area contributed by atoms with Crippen molar-refractivity contribution in [1.29, 1.82) is 0 Å². The van der Waals surface area contributed by atoms with Crippen molar-refractivity contribution in [1.82, 2.24) is 5.32 Å². The molecule has 0 bridgehead atoms. The number of benzene rings is 1. The van der Waals surface area contributed by atoms with Gasteiger partial charge in [-0.1, -0.05) is 44.7 Å². The SMILES string of the molecule is CCCCC(=O)Nc1ccc(C2(C(=O)NCC)CCCCC2)cc1. The minimum Gasteiger partial charge on any atom is -0.356 e. The van der Waals surface area contributed by atoms with Crippen molar-refractivity contribution in [2.45, 2.75) is 70.6 Å². The summed E-state index contributed by atoms with van der Waals surface area (Å²) in [6.45, 7) is 4.70. The van der Waals surface area contributed by atoms with Gasteiger partial charge in [0.25, 0.3) is 0 Å². The minimum absolute atomic E-state index is 0.0562. The van der Waals surface area contributed by atoms with E-state index in [4.69, 9.17) is 0 Å². The van der Waals surface area contributed by atoms with Crippen LogP contribution in [0.25, 0.3) is 0 Å². The number of hydrogen-bond acceptors (Lipinski definition) is 2. The van der Waals surface area contributed by atoms with Crippen LogP contribution >= 0.6 is 0 Å². The Morgan fingerprint density at radius 1 is 1.04 bits per heavy atom. The van der Waals surface area contributed by atoms with Gasteiger partial charge in [-0.25, -0.2) is 0 Å². The standard InChI is InChI=1S/C20H30N2O2/c1-3-5-9-18(23)22-17-12-10-16(11-13-17)20(19(24)21-4-2)14-7-6-8-15-20/h10-13H,3-9,14-15H2,1-2H3,(H,21,24)(H,22,23). The van der Waals surface area contributed by atoms with E-state index in [1.807, 2.05) is 31.2 Å². The van der Waals surface area contributed by atoms with Gasteiger partial charge in [-0.15, -0.1) is 0 Å². The monoisotopic (exact) mass is 330 g/mol. The fourth-order valence-corrected chi connectivity index (χ4v) is 3.57. The summed E-state index contributed by atoms with van der Waals surface area (Å²) in [6, 6.07) is 7.87. The second kappa shape index (κ2) is 8.86. The summed E-state index contributed by atoms with van der Waals surface area (Å²) in [5.74, 6) is 0.199. The van der Waals surface area contributed by atoms with Crippen LogP contribution in [0.4, 0.5) is 5.69 Å². The van der Waals surface area contributed by atoms with E-state index < -0.39 is 5.41 Å². The molecule has 0 heterocycles. The van der Waals surface area contributed by atoms with Gasteiger partial charge in [-0.05, 0) is 43.9 Å². The quantitative estimate of drug-likeness (QED) is 0.789. The van der Waals surface area contributed by atoms with Crippen molar-refractivity contribution in [3.8, 4) is 0 Å². The molecular formula is C20H30N2O2. The van der Waals surface area contributed by atoms with Crippen LogP contribution in [0.2, 0.25) is 0 Å². The Labute approximate surface area is 145 Å². The molecule has 4 nitrogen and oxygen atoms in total. The highest BCUT2D eigenvalue weighted by atomic mass is 16.2. The maximum atomic E-state index is 12.7. The van der Waals surface area contributed by atoms with Gasteiger partial charge in [0.1, 0.15) is 0 Å². The van der Waals surface area contributed by atoms with Crippen LogP contribution in [0.15, 0.2) is 24.3 Å². The maximum absolute atomic E-state index is 12.7. The Morgan fingerprint density at radius 3 is 2.29 bits per heavy atom. The van der Waals surface area contributed by atoms with Gasteiger partial charge in [0, 0.05) is 18.7 Å². The Hall–Kier alpha value is -1.84. The summed E-state index contributed by atoms with van der Waals surface area (Å²) in [6.07, 6.45) is 7.67. The Balaban J connectivity index is 2.13. The van der Waals surface area contributed by atoms with Crippen LogP contribution in [-0.2, 0) is 15.0 Å². The molecule has 1 fully saturated rings. The molecule has 1 aromatic carbocycles. The molecule has 1 aliphatic carbocycles. The van der Waals surface area contributed by atoms with Gasteiger partial charge in [-0.2, -0.15) is 0 Å². The van der Waals surface area contributed by atoms with Crippen molar-refractivity contribution in [2.24, 2.45) is 0 Å². The second-order valence-electron chi connectivity index (χ2n) is 6.73. The molecule has 1 aliphatic rings. The predicted molar refractivity (Wildman–Crippen MR) is 98.0 cm³/mol. The van der Waals surface area contributed by atoms with E-state index in [1.165, 1.54) is 6.42 Å². The van der Waals surface area contributed by atoms with E-state index in [0.29, 0.717) is 13.0 Å². The zero-order valence-corrected chi connectivity index (χ0v) is 15.0. The summed E-state index contributed by atoms with van der Waals surface area (Å²) in [5.41, 5.74) is 1.47. The molecule has 0 aliphatic heterocycles. The molecule has 0 radical (unpaired) electrons. The average Bonchev–Trinajstić information content (AvgIpc) is 2.61. The number of unbranched alkanes of at least 4 members (excludes halogenated alkanes) is 1. The predicted octanol–water partition coefficient (Wildman–Crippen LogP) is 4.15.